The first-order valence-corrected chi connectivity index (χ1v) is 10.4. The summed E-state index contributed by atoms with van der Waals surface area (Å²) in [6, 6.07) is 12.9. The number of nitrogens with zero attached hydrogens (tertiary/aromatic N) is 3. The zero-order valence-corrected chi connectivity index (χ0v) is 17.6. The van der Waals surface area contributed by atoms with E-state index >= 15 is 0 Å². The molecule has 0 aliphatic carbocycles. The van der Waals surface area contributed by atoms with Gasteiger partial charge in [-0.2, -0.15) is 5.10 Å². The summed E-state index contributed by atoms with van der Waals surface area (Å²) in [7, 11) is 0. The number of hydrogen-bond acceptors (Lipinski definition) is 4. The molecule has 2 N–H and O–H groups in total. The summed E-state index contributed by atoms with van der Waals surface area (Å²) in [6.07, 6.45) is 2.44. The molecule has 3 heterocycles. The van der Waals surface area contributed by atoms with Crippen LogP contribution in [0.15, 0.2) is 42.5 Å². The van der Waals surface area contributed by atoms with Gasteiger partial charge in [0, 0.05) is 23.6 Å². The third kappa shape index (κ3) is 4.06. The summed E-state index contributed by atoms with van der Waals surface area (Å²) < 4.78 is 1.58. The topological polar surface area (TPSA) is 88.4 Å². The lowest BCUT2D eigenvalue weighted by atomic mass is 9.93. The highest BCUT2D eigenvalue weighted by molar-refractivity contribution is 5.97. The molecule has 1 aliphatic rings. The minimum Gasteiger partial charge on any atom is -0.354 e. The van der Waals surface area contributed by atoms with Gasteiger partial charge in [-0.3, -0.25) is 9.59 Å². The monoisotopic (exact) mass is 405 g/mol. The van der Waals surface area contributed by atoms with Crippen molar-refractivity contribution in [3.8, 4) is 11.3 Å². The number of aromatic nitrogens is 3. The largest absolute Gasteiger partial charge is 0.354 e. The molecule has 3 aromatic rings. The van der Waals surface area contributed by atoms with E-state index in [-0.39, 0.29) is 17.2 Å². The van der Waals surface area contributed by atoms with Crippen LogP contribution in [0.25, 0.3) is 16.9 Å². The van der Waals surface area contributed by atoms with Crippen LogP contribution >= 0.6 is 0 Å². The SMILES string of the molecule is CC(C)(C)c1cc2nc(-c3ccccc3)cc(C(=O)NC3CCCCNC3=O)n2n1. The lowest BCUT2D eigenvalue weighted by Gasteiger charge is -2.16. The molecule has 0 bridgehead atoms. The third-order valence-electron chi connectivity index (χ3n) is 5.34. The fourth-order valence-electron chi connectivity index (χ4n) is 3.57. The summed E-state index contributed by atoms with van der Waals surface area (Å²) in [5, 5.41) is 10.4. The predicted octanol–water partition coefficient (Wildman–Crippen LogP) is 3.09. The van der Waals surface area contributed by atoms with Gasteiger partial charge in [0.15, 0.2) is 5.65 Å². The van der Waals surface area contributed by atoms with E-state index in [9.17, 15) is 9.59 Å². The molecule has 2 aromatic heterocycles. The third-order valence-corrected chi connectivity index (χ3v) is 5.34. The molecule has 1 atom stereocenters. The number of fused-ring (bicyclic) bond motifs is 1. The maximum atomic E-state index is 13.2. The molecule has 1 saturated heterocycles. The van der Waals surface area contributed by atoms with Crippen molar-refractivity contribution in [1.82, 2.24) is 25.2 Å². The van der Waals surface area contributed by atoms with Crippen LogP contribution in [-0.4, -0.2) is 39.0 Å². The predicted molar refractivity (Wildman–Crippen MR) is 115 cm³/mol. The minimum absolute atomic E-state index is 0.134. The number of carbonyl (C=O) groups excluding carboxylic acids is 2. The first-order chi connectivity index (χ1) is 14.3. The van der Waals surface area contributed by atoms with Crippen molar-refractivity contribution in [3.63, 3.8) is 0 Å². The fourth-order valence-corrected chi connectivity index (χ4v) is 3.57. The van der Waals surface area contributed by atoms with Crippen molar-refractivity contribution < 1.29 is 9.59 Å². The Labute approximate surface area is 175 Å². The number of carbonyl (C=O) groups is 2. The van der Waals surface area contributed by atoms with Crippen molar-refractivity contribution in [2.75, 3.05) is 6.54 Å². The molecule has 1 aromatic carbocycles. The number of benzene rings is 1. The average molecular weight is 406 g/mol. The van der Waals surface area contributed by atoms with Crippen LogP contribution in [-0.2, 0) is 10.2 Å². The van der Waals surface area contributed by atoms with Crippen LogP contribution in [0.5, 0.6) is 0 Å². The molecule has 1 unspecified atom stereocenters. The summed E-state index contributed by atoms with van der Waals surface area (Å²) in [6.45, 7) is 6.87. The van der Waals surface area contributed by atoms with Crippen LogP contribution < -0.4 is 10.6 Å². The number of rotatable bonds is 3. The highest BCUT2D eigenvalue weighted by Crippen LogP contribution is 2.25. The van der Waals surface area contributed by atoms with Gasteiger partial charge in [0.2, 0.25) is 5.91 Å². The highest BCUT2D eigenvalue weighted by Gasteiger charge is 2.26. The molecule has 1 fully saturated rings. The van der Waals surface area contributed by atoms with Gasteiger partial charge in [-0.15, -0.1) is 0 Å². The Hall–Kier alpha value is -3.22. The molecule has 7 nitrogen and oxygen atoms in total. The van der Waals surface area contributed by atoms with Gasteiger partial charge in [-0.05, 0) is 25.3 Å². The van der Waals surface area contributed by atoms with Crippen LogP contribution in [0.2, 0.25) is 0 Å². The van der Waals surface area contributed by atoms with E-state index in [2.05, 4.69) is 36.5 Å². The molecular formula is C23H27N5O2. The summed E-state index contributed by atoms with van der Waals surface area (Å²) in [5.41, 5.74) is 3.25. The molecule has 0 saturated carbocycles. The number of nitrogens with one attached hydrogen (secondary N) is 2. The average Bonchev–Trinajstić information content (AvgIpc) is 3.07. The van der Waals surface area contributed by atoms with Crippen molar-refractivity contribution in [2.45, 2.75) is 51.5 Å². The molecule has 7 heteroatoms. The van der Waals surface area contributed by atoms with Gasteiger partial charge in [0.05, 0.1) is 11.4 Å². The van der Waals surface area contributed by atoms with E-state index in [1.807, 2.05) is 36.4 Å². The molecule has 1 aliphatic heterocycles. The van der Waals surface area contributed by atoms with Crippen molar-refractivity contribution >= 4 is 17.5 Å². The zero-order chi connectivity index (χ0) is 21.3. The summed E-state index contributed by atoms with van der Waals surface area (Å²) in [5.74, 6) is -0.463. The van der Waals surface area contributed by atoms with Gasteiger partial charge < -0.3 is 10.6 Å². The fraction of sp³-hybridized carbons (Fsp3) is 0.391. The Morgan fingerprint density at radius 1 is 1.17 bits per heavy atom. The van der Waals surface area contributed by atoms with Crippen molar-refractivity contribution in [1.29, 1.82) is 0 Å². The molecule has 156 valence electrons. The minimum atomic E-state index is -0.541. The summed E-state index contributed by atoms with van der Waals surface area (Å²) >= 11 is 0. The van der Waals surface area contributed by atoms with E-state index < -0.39 is 6.04 Å². The van der Waals surface area contributed by atoms with Gasteiger partial charge in [-0.25, -0.2) is 9.50 Å². The van der Waals surface area contributed by atoms with Gasteiger partial charge in [0.25, 0.3) is 5.91 Å². The van der Waals surface area contributed by atoms with Crippen LogP contribution in [0.3, 0.4) is 0 Å². The first kappa shape index (κ1) is 20.1. The summed E-state index contributed by atoms with van der Waals surface area (Å²) in [4.78, 5) is 30.3. The molecule has 2 amide bonds. The normalized spacial score (nSPS) is 17.4. The first-order valence-electron chi connectivity index (χ1n) is 10.4. The van der Waals surface area contributed by atoms with Crippen LogP contribution in [0.1, 0.15) is 56.2 Å². The number of hydrogen-bond donors (Lipinski definition) is 2. The van der Waals surface area contributed by atoms with Crippen molar-refractivity contribution in [3.05, 3.63) is 53.9 Å². The number of amides is 2. The molecule has 30 heavy (non-hydrogen) atoms. The molecule has 0 radical (unpaired) electrons. The second-order valence-corrected chi connectivity index (χ2v) is 8.76. The Kier molecular flexibility index (Phi) is 5.28. The van der Waals surface area contributed by atoms with E-state index in [0.29, 0.717) is 30.0 Å². The van der Waals surface area contributed by atoms with Gasteiger partial charge in [0.1, 0.15) is 11.7 Å². The van der Waals surface area contributed by atoms with Gasteiger partial charge >= 0.3 is 0 Å². The van der Waals surface area contributed by atoms with Crippen LogP contribution in [0, 0.1) is 0 Å². The highest BCUT2D eigenvalue weighted by atomic mass is 16.2. The van der Waals surface area contributed by atoms with E-state index in [4.69, 9.17) is 4.98 Å². The van der Waals surface area contributed by atoms with E-state index in [1.54, 1.807) is 10.6 Å². The molecule has 0 spiro atoms. The van der Waals surface area contributed by atoms with E-state index in [0.717, 1.165) is 24.1 Å². The van der Waals surface area contributed by atoms with Crippen molar-refractivity contribution in [2.24, 2.45) is 0 Å². The zero-order valence-electron chi connectivity index (χ0n) is 17.6. The molecular weight excluding hydrogens is 378 g/mol. The standard InChI is InChI=1S/C23H27N5O2/c1-23(2,3)19-14-20-25-17(15-9-5-4-6-10-15)13-18(28(20)27-19)22(30)26-16-11-7-8-12-24-21(16)29/h4-6,9-10,13-14,16H,7-8,11-12H2,1-3H3,(H,24,29)(H,26,30). The Balaban J connectivity index is 1.78. The second-order valence-electron chi connectivity index (χ2n) is 8.76. The lowest BCUT2D eigenvalue weighted by Crippen LogP contribution is -2.45. The quantitative estimate of drug-likeness (QED) is 0.701. The molecule has 4 rings (SSSR count). The Bertz CT molecular complexity index is 1080. The van der Waals surface area contributed by atoms with Gasteiger partial charge in [-0.1, -0.05) is 51.1 Å². The maximum absolute atomic E-state index is 13.2. The second kappa shape index (κ2) is 7.89. The smallest absolute Gasteiger partial charge is 0.270 e. The Morgan fingerprint density at radius 2 is 1.93 bits per heavy atom. The maximum Gasteiger partial charge on any atom is 0.270 e. The Morgan fingerprint density at radius 3 is 2.67 bits per heavy atom. The van der Waals surface area contributed by atoms with Crippen LogP contribution in [0.4, 0.5) is 0 Å². The van der Waals surface area contributed by atoms with E-state index in [1.165, 1.54) is 0 Å². The lowest BCUT2D eigenvalue weighted by molar-refractivity contribution is -0.122.